The minimum atomic E-state index is -0.165. The summed E-state index contributed by atoms with van der Waals surface area (Å²) in [6.45, 7) is 0. The van der Waals surface area contributed by atoms with Crippen LogP contribution in [0.3, 0.4) is 0 Å². The summed E-state index contributed by atoms with van der Waals surface area (Å²) >= 11 is 5.25. The highest BCUT2D eigenvalue weighted by Crippen LogP contribution is 2.01. The summed E-state index contributed by atoms with van der Waals surface area (Å²) in [5.41, 5.74) is 8.13. The van der Waals surface area contributed by atoms with Gasteiger partial charge in [-0.25, -0.2) is 0 Å². The van der Waals surface area contributed by atoms with Gasteiger partial charge in [0, 0.05) is 6.08 Å². The quantitative estimate of drug-likeness (QED) is 0.417. The van der Waals surface area contributed by atoms with Crippen molar-refractivity contribution in [1.29, 1.82) is 10.8 Å². The van der Waals surface area contributed by atoms with Crippen LogP contribution in [0.2, 0.25) is 0 Å². The zero-order valence-corrected chi connectivity index (χ0v) is 6.24. The molecule has 0 aromatic rings. The third-order valence-corrected chi connectivity index (χ3v) is 1.20. The van der Waals surface area contributed by atoms with Crippen molar-refractivity contribution >= 4 is 28.3 Å². The average molecular weight is 172 g/mol. The van der Waals surface area contributed by atoms with Crippen molar-refractivity contribution < 1.29 is 0 Å². The molecule has 6 heteroatoms. The second kappa shape index (κ2) is 2.71. The number of hydrogen-bond donors (Lipinski definition) is 4. The Balaban J connectivity index is 2.83. The lowest BCUT2D eigenvalue weighted by molar-refractivity contribution is 0.959. The first-order valence-electron chi connectivity index (χ1n) is 2.75. The van der Waals surface area contributed by atoms with Crippen molar-refractivity contribution in [2.24, 2.45) is 10.8 Å². The molecule has 5 N–H and O–H groups in total. The number of rotatable bonds is 1. The molecule has 0 aliphatic carbocycles. The normalized spacial score (nSPS) is 19.9. The average Bonchev–Trinajstić information content (AvgIpc) is 2.18. The number of nitrogens with zero attached hydrogens (tertiary/aromatic N) is 1. The Labute approximate surface area is 67.9 Å². The molecule has 1 rings (SSSR count). The van der Waals surface area contributed by atoms with Crippen LogP contribution in [-0.2, 0) is 0 Å². The fourth-order valence-corrected chi connectivity index (χ4v) is 0.711. The third-order valence-electron chi connectivity index (χ3n) is 1.09. The van der Waals surface area contributed by atoms with Gasteiger partial charge in [0.25, 0.3) is 0 Å². The highest BCUT2D eigenvalue weighted by Gasteiger charge is 2.15. The number of hydrazone groups is 1. The Morgan fingerprint density at radius 2 is 2.36 bits per heavy atom. The molecule has 0 saturated carbocycles. The second-order valence-corrected chi connectivity index (χ2v) is 2.30. The van der Waals surface area contributed by atoms with Gasteiger partial charge in [0.1, 0.15) is 10.9 Å². The summed E-state index contributed by atoms with van der Waals surface area (Å²) in [7, 11) is 0. The number of nitrogens with one attached hydrogen (secondary N) is 3. The largest absolute Gasteiger partial charge is 0.380 e. The summed E-state index contributed by atoms with van der Waals surface area (Å²) in [5, 5.41) is 17.5. The molecule has 0 saturated heterocycles. The maximum Gasteiger partial charge on any atom is 0.171 e. The van der Waals surface area contributed by atoms with Gasteiger partial charge < -0.3 is 5.73 Å². The highest BCUT2D eigenvalue weighted by atomic mass is 35.5. The molecule has 1 aliphatic heterocycles. The lowest BCUT2D eigenvalue weighted by Gasteiger charge is -1.93. The van der Waals surface area contributed by atoms with E-state index in [1.54, 1.807) is 0 Å². The van der Waals surface area contributed by atoms with Crippen LogP contribution < -0.4 is 11.2 Å². The van der Waals surface area contributed by atoms with E-state index in [1.165, 1.54) is 6.08 Å². The molecule has 0 aromatic heterocycles. The zero-order valence-electron chi connectivity index (χ0n) is 5.48. The van der Waals surface area contributed by atoms with E-state index in [9.17, 15) is 0 Å². The molecule has 0 spiro atoms. The Bertz CT molecular complexity index is 277. The first kappa shape index (κ1) is 7.74. The van der Waals surface area contributed by atoms with Gasteiger partial charge in [-0.2, -0.15) is 5.10 Å². The van der Waals surface area contributed by atoms with Crippen LogP contribution in [0.1, 0.15) is 0 Å². The molecule has 0 aromatic carbocycles. The predicted molar refractivity (Wildman–Crippen MR) is 44.1 cm³/mol. The minimum Gasteiger partial charge on any atom is -0.380 e. The van der Waals surface area contributed by atoms with Gasteiger partial charge in [-0.1, -0.05) is 11.6 Å². The van der Waals surface area contributed by atoms with Crippen molar-refractivity contribution in [2.45, 2.75) is 0 Å². The predicted octanol–water partition coefficient (Wildman–Crippen LogP) is -0.0185. The molecule has 0 bridgehead atoms. The molecule has 0 fully saturated rings. The summed E-state index contributed by atoms with van der Waals surface area (Å²) < 4.78 is 0. The van der Waals surface area contributed by atoms with Crippen LogP contribution in [0.25, 0.3) is 0 Å². The lowest BCUT2D eigenvalue weighted by Crippen LogP contribution is -2.20. The lowest BCUT2D eigenvalue weighted by atomic mass is 10.2. The SMILES string of the molecule is N=C(Cl)/C=C1/NN=C(N)C1=N. The molecule has 58 valence electrons. The maximum atomic E-state index is 7.26. The summed E-state index contributed by atoms with van der Waals surface area (Å²) in [4.78, 5) is 0. The van der Waals surface area contributed by atoms with E-state index in [0.29, 0.717) is 5.70 Å². The first-order chi connectivity index (χ1) is 5.11. The van der Waals surface area contributed by atoms with E-state index in [0.717, 1.165) is 0 Å². The van der Waals surface area contributed by atoms with Crippen LogP contribution in [0.5, 0.6) is 0 Å². The van der Waals surface area contributed by atoms with Crippen LogP contribution in [0, 0.1) is 10.8 Å². The molecule has 5 nitrogen and oxygen atoms in total. The molecular formula is C5H6ClN5. The number of amidine groups is 1. The van der Waals surface area contributed by atoms with E-state index in [-0.39, 0.29) is 16.7 Å². The van der Waals surface area contributed by atoms with Gasteiger partial charge in [0.2, 0.25) is 0 Å². The molecule has 0 radical (unpaired) electrons. The topological polar surface area (TPSA) is 98.1 Å². The van der Waals surface area contributed by atoms with E-state index in [2.05, 4.69) is 10.5 Å². The molecule has 1 aliphatic rings. The zero-order chi connectivity index (χ0) is 8.43. The number of hydrogen-bond acceptors (Lipinski definition) is 5. The maximum absolute atomic E-state index is 7.26. The number of allylic oxidation sites excluding steroid dienone is 1. The smallest absolute Gasteiger partial charge is 0.171 e. The summed E-state index contributed by atoms with van der Waals surface area (Å²) in [5.74, 6) is 0.106. The van der Waals surface area contributed by atoms with Gasteiger partial charge >= 0.3 is 0 Å². The molecular weight excluding hydrogens is 166 g/mol. The molecule has 0 unspecified atom stereocenters. The Hall–Kier alpha value is -1.36. The van der Waals surface area contributed by atoms with E-state index in [4.69, 9.17) is 28.2 Å². The van der Waals surface area contributed by atoms with Crippen molar-refractivity contribution in [2.75, 3.05) is 0 Å². The fraction of sp³-hybridized carbons (Fsp3) is 0. The van der Waals surface area contributed by atoms with E-state index < -0.39 is 0 Å². The van der Waals surface area contributed by atoms with Gasteiger partial charge in [0.15, 0.2) is 5.84 Å². The second-order valence-electron chi connectivity index (χ2n) is 1.89. The van der Waals surface area contributed by atoms with E-state index >= 15 is 0 Å². The summed E-state index contributed by atoms with van der Waals surface area (Å²) in [6, 6.07) is 0. The Kier molecular flexibility index (Phi) is 1.91. The number of nitrogens with two attached hydrogens (primary N) is 1. The molecule has 11 heavy (non-hydrogen) atoms. The van der Waals surface area contributed by atoms with Gasteiger partial charge in [-0.05, 0) is 0 Å². The van der Waals surface area contributed by atoms with Crippen LogP contribution in [0.15, 0.2) is 16.9 Å². The van der Waals surface area contributed by atoms with Crippen LogP contribution in [0.4, 0.5) is 0 Å². The van der Waals surface area contributed by atoms with Crippen molar-refractivity contribution in [3.63, 3.8) is 0 Å². The third kappa shape index (κ3) is 1.56. The summed E-state index contributed by atoms with van der Waals surface area (Å²) in [6.07, 6.45) is 1.27. The molecule has 0 atom stereocenters. The fourth-order valence-electron chi connectivity index (χ4n) is 0.601. The Morgan fingerprint density at radius 3 is 2.73 bits per heavy atom. The monoisotopic (exact) mass is 171 g/mol. The van der Waals surface area contributed by atoms with Crippen LogP contribution >= 0.6 is 11.6 Å². The molecule has 0 amide bonds. The van der Waals surface area contributed by atoms with Crippen molar-refractivity contribution in [3.05, 3.63) is 11.8 Å². The van der Waals surface area contributed by atoms with Crippen molar-refractivity contribution in [3.8, 4) is 0 Å². The molecule has 1 heterocycles. The Morgan fingerprint density at radius 1 is 1.73 bits per heavy atom. The van der Waals surface area contributed by atoms with E-state index in [1.807, 2.05) is 0 Å². The van der Waals surface area contributed by atoms with Gasteiger partial charge in [-0.3, -0.25) is 16.2 Å². The van der Waals surface area contributed by atoms with Gasteiger partial charge in [-0.15, -0.1) is 0 Å². The highest BCUT2D eigenvalue weighted by molar-refractivity contribution is 6.68. The first-order valence-corrected chi connectivity index (χ1v) is 3.13. The number of halogens is 1. The van der Waals surface area contributed by atoms with Crippen molar-refractivity contribution in [1.82, 2.24) is 5.43 Å². The van der Waals surface area contributed by atoms with Gasteiger partial charge in [0.05, 0.1) is 5.70 Å². The standard InChI is InChI=1S/C5H6ClN5/c6-3(7)1-2-4(8)5(9)11-10-2/h1,7-8,10H,(H2,9,11)/b2-1+,7-3?,8-4?. The minimum absolute atomic E-state index is 0.0652. The van der Waals surface area contributed by atoms with Crippen LogP contribution in [-0.4, -0.2) is 16.7 Å².